The summed E-state index contributed by atoms with van der Waals surface area (Å²) in [4.78, 5) is 20.9. The molecule has 4 rings (SSSR count). The van der Waals surface area contributed by atoms with Gasteiger partial charge in [-0.25, -0.2) is 4.79 Å². The smallest absolute Gasteiger partial charge is 0.317 e. The minimum absolute atomic E-state index is 0.115. The fourth-order valence-corrected chi connectivity index (χ4v) is 4.66. The summed E-state index contributed by atoms with van der Waals surface area (Å²) < 4.78 is 0. The van der Waals surface area contributed by atoms with E-state index in [0.717, 1.165) is 58.7 Å². The van der Waals surface area contributed by atoms with E-state index < -0.39 is 0 Å². The van der Waals surface area contributed by atoms with Crippen molar-refractivity contribution in [2.45, 2.75) is 25.4 Å². The number of thiophene rings is 1. The lowest BCUT2D eigenvalue weighted by molar-refractivity contribution is 0.133. The van der Waals surface area contributed by atoms with Gasteiger partial charge in [-0.2, -0.15) is 0 Å². The van der Waals surface area contributed by atoms with Gasteiger partial charge in [0.15, 0.2) is 0 Å². The molecule has 3 heterocycles. The monoisotopic (exact) mass is 384 g/mol. The molecule has 1 aromatic heterocycles. The molecule has 0 aliphatic carbocycles. The number of hydrogen-bond donors (Lipinski definition) is 1. The predicted octanol–water partition coefficient (Wildman–Crippen LogP) is 3.24. The van der Waals surface area contributed by atoms with E-state index in [2.05, 4.69) is 63.0 Å². The molecule has 0 spiro atoms. The fourth-order valence-electron chi connectivity index (χ4n) is 3.92. The third-order valence-corrected chi connectivity index (χ3v) is 6.42. The molecule has 144 valence electrons. The molecule has 27 heavy (non-hydrogen) atoms. The van der Waals surface area contributed by atoms with Gasteiger partial charge in [0.05, 0.1) is 0 Å². The molecule has 0 bridgehead atoms. The minimum Gasteiger partial charge on any atom is -0.371 e. The van der Waals surface area contributed by atoms with Crippen molar-refractivity contribution in [3.8, 4) is 0 Å². The van der Waals surface area contributed by atoms with Crippen molar-refractivity contribution >= 4 is 23.1 Å². The van der Waals surface area contributed by atoms with E-state index in [4.69, 9.17) is 0 Å². The first-order valence-electron chi connectivity index (χ1n) is 9.88. The summed E-state index contributed by atoms with van der Waals surface area (Å²) in [5.41, 5.74) is 1.28. The van der Waals surface area contributed by atoms with Crippen LogP contribution in [0.25, 0.3) is 0 Å². The van der Waals surface area contributed by atoms with Gasteiger partial charge in [0.25, 0.3) is 0 Å². The van der Waals surface area contributed by atoms with Crippen molar-refractivity contribution in [3.63, 3.8) is 0 Å². The lowest BCUT2D eigenvalue weighted by Crippen LogP contribution is -2.54. The molecule has 1 N–H and O–H groups in total. The second-order valence-corrected chi connectivity index (χ2v) is 8.42. The van der Waals surface area contributed by atoms with Gasteiger partial charge in [-0.05, 0) is 36.4 Å². The number of rotatable bonds is 4. The van der Waals surface area contributed by atoms with Crippen LogP contribution in [0.2, 0.25) is 0 Å². The van der Waals surface area contributed by atoms with Crippen LogP contribution in [0, 0.1) is 0 Å². The molecule has 2 fully saturated rings. The third kappa shape index (κ3) is 4.82. The lowest BCUT2D eigenvalue weighted by atomic mass is 10.0. The van der Waals surface area contributed by atoms with E-state index in [0.29, 0.717) is 6.04 Å². The summed E-state index contributed by atoms with van der Waals surface area (Å²) >= 11 is 1.81. The summed E-state index contributed by atoms with van der Waals surface area (Å²) in [6, 6.07) is 15.2. The molecule has 1 aromatic carbocycles. The van der Waals surface area contributed by atoms with Gasteiger partial charge >= 0.3 is 6.03 Å². The highest BCUT2D eigenvalue weighted by Gasteiger charge is 2.25. The SMILES string of the molecule is O=C(NC1CCN(c2ccccc2)CC1)N1CCN(Cc2cccs2)CC1. The van der Waals surface area contributed by atoms with Crippen molar-refractivity contribution in [2.24, 2.45) is 0 Å². The predicted molar refractivity (Wildman–Crippen MR) is 111 cm³/mol. The average Bonchev–Trinajstić information content (AvgIpc) is 3.23. The van der Waals surface area contributed by atoms with E-state index in [9.17, 15) is 4.79 Å². The number of nitrogens with one attached hydrogen (secondary N) is 1. The van der Waals surface area contributed by atoms with Crippen LogP contribution >= 0.6 is 11.3 Å². The number of urea groups is 1. The highest BCUT2D eigenvalue weighted by Crippen LogP contribution is 2.20. The maximum atomic E-state index is 12.6. The molecule has 2 saturated heterocycles. The van der Waals surface area contributed by atoms with Gasteiger partial charge in [-0.1, -0.05) is 24.3 Å². The average molecular weight is 385 g/mol. The number of carbonyl (C=O) groups excluding carboxylic acids is 1. The molecule has 2 amide bonds. The molecular weight excluding hydrogens is 356 g/mol. The van der Waals surface area contributed by atoms with Crippen molar-refractivity contribution in [1.29, 1.82) is 0 Å². The molecule has 2 aliphatic rings. The molecule has 5 nitrogen and oxygen atoms in total. The Hall–Kier alpha value is -2.05. The maximum Gasteiger partial charge on any atom is 0.317 e. The number of anilines is 1. The highest BCUT2D eigenvalue weighted by atomic mass is 32.1. The van der Waals surface area contributed by atoms with Crippen LogP contribution < -0.4 is 10.2 Å². The second-order valence-electron chi connectivity index (χ2n) is 7.39. The molecule has 0 atom stereocenters. The summed E-state index contributed by atoms with van der Waals surface area (Å²) in [7, 11) is 0. The van der Waals surface area contributed by atoms with Crippen LogP contribution in [0.1, 0.15) is 17.7 Å². The lowest BCUT2D eigenvalue weighted by Gasteiger charge is -2.37. The standard InChI is InChI=1S/C21H28N4OS/c26-21(25-14-12-23(13-15-25)17-20-7-4-16-27-20)22-18-8-10-24(11-9-18)19-5-2-1-3-6-19/h1-7,16,18H,8-15,17H2,(H,22,26). The van der Waals surface area contributed by atoms with Gasteiger partial charge < -0.3 is 15.1 Å². The molecule has 2 aromatic rings. The molecular formula is C21H28N4OS. The van der Waals surface area contributed by atoms with Crippen LogP contribution in [0.5, 0.6) is 0 Å². The van der Waals surface area contributed by atoms with Crippen molar-refractivity contribution in [1.82, 2.24) is 15.1 Å². The van der Waals surface area contributed by atoms with E-state index in [-0.39, 0.29) is 6.03 Å². The summed E-state index contributed by atoms with van der Waals surface area (Å²) in [6.07, 6.45) is 2.03. The normalized spacial score (nSPS) is 19.3. The van der Waals surface area contributed by atoms with Crippen molar-refractivity contribution < 1.29 is 4.79 Å². The van der Waals surface area contributed by atoms with Gasteiger partial charge in [-0.3, -0.25) is 4.90 Å². The Balaban J connectivity index is 1.19. The fraction of sp³-hybridized carbons (Fsp3) is 0.476. The number of hydrogen-bond acceptors (Lipinski definition) is 4. The van der Waals surface area contributed by atoms with Crippen LogP contribution in [0.4, 0.5) is 10.5 Å². The van der Waals surface area contributed by atoms with Gasteiger partial charge in [0.2, 0.25) is 0 Å². The Bertz CT molecular complexity index is 705. The van der Waals surface area contributed by atoms with Crippen molar-refractivity contribution in [3.05, 3.63) is 52.7 Å². The Kier molecular flexibility index (Phi) is 5.94. The third-order valence-electron chi connectivity index (χ3n) is 5.56. The summed E-state index contributed by atoms with van der Waals surface area (Å²) in [5, 5.41) is 5.39. The molecule has 0 saturated carbocycles. The molecule has 2 aliphatic heterocycles. The number of nitrogens with zero attached hydrogens (tertiary/aromatic N) is 3. The van der Waals surface area contributed by atoms with E-state index in [1.165, 1.54) is 10.6 Å². The maximum absolute atomic E-state index is 12.6. The number of benzene rings is 1. The zero-order chi connectivity index (χ0) is 18.5. The van der Waals surface area contributed by atoms with E-state index >= 15 is 0 Å². The van der Waals surface area contributed by atoms with Crippen LogP contribution in [-0.2, 0) is 6.54 Å². The Morgan fingerprint density at radius 2 is 1.70 bits per heavy atom. The van der Waals surface area contributed by atoms with Gasteiger partial charge in [-0.15, -0.1) is 11.3 Å². The molecule has 6 heteroatoms. The number of piperazine rings is 1. The Morgan fingerprint density at radius 1 is 0.963 bits per heavy atom. The quantitative estimate of drug-likeness (QED) is 0.880. The largest absolute Gasteiger partial charge is 0.371 e. The van der Waals surface area contributed by atoms with Gasteiger partial charge in [0.1, 0.15) is 0 Å². The van der Waals surface area contributed by atoms with Crippen LogP contribution in [0.3, 0.4) is 0 Å². The van der Waals surface area contributed by atoms with Crippen LogP contribution in [-0.4, -0.2) is 61.1 Å². The summed E-state index contributed by atoms with van der Waals surface area (Å²) in [5.74, 6) is 0. The van der Waals surface area contributed by atoms with Crippen molar-refractivity contribution in [2.75, 3.05) is 44.2 Å². The van der Waals surface area contributed by atoms with Gasteiger partial charge in [0, 0.05) is 62.4 Å². The van der Waals surface area contributed by atoms with E-state index in [1.54, 1.807) is 11.3 Å². The zero-order valence-corrected chi connectivity index (χ0v) is 16.5. The Morgan fingerprint density at radius 3 is 2.37 bits per heavy atom. The van der Waals surface area contributed by atoms with Crippen LogP contribution in [0.15, 0.2) is 47.8 Å². The highest BCUT2D eigenvalue weighted by molar-refractivity contribution is 7.09. The number of piperidine rings is 1. The first-order valence-corrected chi connectivity index (χ1v) is 10.8. The zero-order valence-electron chi connectivity index (χ0n) is 15.7. The number of amides is 2. The first kappa shape index (κ1) is 18.3. The number of carbonyl (C=O) groups is 1. The first-order chi connectivity index (χ1) is 13.3. The number of para-hydroxylation sites is 1. The summed E-state index contributed by atoms with van der Waals surface area (Å²) in [6.45, 7) is 6.56. The molecule has 0 unspecified atom stereocenters. The minimum atomic E-state index is 0.115. The molecule has 0 radical (unpaired) electrons. The Labute approximate surface area is 165 Å². The second kappa shape index (κ2) is 8.76. The topological polar surface area (TPSA) is 38.8 Å². The van der Waals surface area contributed by atoms with E-state index in [1.807, 2.05) is 4.90 Å².